The summed E-state index contributed by atoms with van der Waals surface area (Å²) in [5, 5.41) is 4.84. The highest BCUT2D eigenvalue weighted by atomic mass is 127. The second kappa shape index (κ2) is 4.27. The molecular formula is C6H8ClIN2O. The van der Waals surface area contributed by atoms with Crippen LogP contribution in [0.2, 0.25) is 5.02 Å². The molecule has 0 bridgehead atoms. The zero-order valence-electron chi connectivity index (χ0n) is 6.05. The van der Waals surface area contributed by atoms with E-state index in [1.165, 1.54) is 0 Å². The van der Waals surface area contributed by atoms with E-state index in [4.69, 9.17) is 16.3 Å². The van der Waals surface area contributed by atoms with E-state index >= 15 is 0 Å². The van der Waals surface area contributed by atoms with Gasteiger partial charge in [-0.2, -0.15) is 5.10 Å². The first-order valence-electron chi connectivity index (χ1n) is 3.11. The predicted octanol–water partition coefficient (Wildman–Crippen LogP) is 1.79. The summed E-state index contributed by atoms with van der Waals surface area (Å²) >= 11 is 7.87. The maximum atomic E-state index is 5.78. The fraction of sp³-hybridized carbons (Fsp3) is 0.500. The zero-order chi connectivity index (χ0) is 8.27. The lowest BCUT2D eigenvalue weighted by Crippen LogP contribution is -2.04. The van der Waals surface area contributed by atoms with E-state index in [1.807, 2.05) is 0 Å². The fourth-order valence-corrected chi connectivity index (χ4v) is 1.24. The highest BCUT2D eigenvalue weighted by Crippen LogP contribution is 2.15. The normalized spacial score (nSPS) is 10.5. The number of methoxy groups -OCH3 is 1. The summed E-state index contributed by atoms with van der Waals surface area (Å²) in [5.74, 6) is 0. The van der Waals surface area contributed by atoms with Crippen molar-refractivity contribution in [2.24, 2.45) is 0 Å². The topological polar surface area (TPSA) is 27.1 Å². The molecule has 0 atom stereocenters. The van der Waals surface area contributed by atoms with Crippen LogP contribution in [0.25, 0.3) is 0 Å². The minimum absolute atomic E-state index is 0.661. The second-order valence-corrected chi connectivity index (χ2v) is 3.45. The molecule has 1 aromatic rings. The van der Waals surface area contributed by atoms with Crippen LogP contribution >= 0.6 is 34.2 Å². The molecule has 0 aliphatic carbocycles. The molecule has 1 aromatic heterocycles. The van der Waals surface area contributed by atoms with E-state index < -0.39 is 0 Å². The van der Waals surface area contributed by atoms with Crippen molar-refractivity contribution in [3.63, 3.8) is 0 Å². The smallest absolute Gasteiger partial charge is 0.141 e. The summed E-state index contributed by atoms with van der Waals surface area (Å²) in [6, 6.07) is 0. The first-order chi connectivity index (χ1) is 5.24. The lowest BCUT2D eigenvalue weighted by atomic mass is 10.7. The van der Waals surface area contributed by atoms with Crippen LogP contribution in [-0.4, -0.2) is 23.5 Å². The Hall–Kier alpha value is 0.190. The molecule has 5 heteroatoms. The maximum absolute atomic E-state index is 5.78. The fourth-order valence-electron chi connectivity index (χ4n) is 0.673. The van der Waals surface area contributed by atoms with Crippen LogP contribution in [-0.2, 0) is 11.3 Å². The van der Waals surface area contributed by atoms with Crippen molar-refractivity contribution in [2.75, 3.05) is 13.7 Å². The molecule has 0 aromatic carbocycles. The molecule has 0 amide bonds. The molecule has 0 unspecified atom stereocenters. The minimum Gasteiger partial charge on any atom is -0.383 e. The third-order valence-corrected chi connectivity index (χ3v) is 2.59. The lowest BCUT2D eigenvalue weighted by molar-refractivity contribution is 0.183. The third-order valence-electron chi connectivity index (χ3n) is 1.20. The number of rotatable bonds is 3. The Labute approximate surface area is 83.8 Å². The van der Waals surface area contributed by atoms with Crippen molar-refractivity contribution in [1.82, 2.24) is 9.78 Å². The first-order valence-corrected chi connectivity index (χ1v) is 4.57. The third kappa shape index (κ3) is 2.61. The zero-order valence-corrected chi connectivity index (χ0v) is 8.96. The molecule has 0 saturated heterocycles. The van der Waals surface area contributed by atoms with Gasteiger partial charge in [0.25, 0.3) is 0 Å². The lowest BCUT2D eigenvalue weighted by Gasteiger charge is -1.97. The second-order valence-electron chi connectivity index (χ2n) is 2.02. The van der Waals surface area contributed by atoms with Gasteiger partial charge >= 0.3 is 0 Å². The first kappa shape index (κ1) is 9.28. The Bertz CT molecular complexity index is 219. The van der Waals surface area contributed by atoms with Gasteiger partial charge in [-0.25, -0.2) is 0 Å². The summed E-state index contributed by atoms with van der Waals surface area (Å²) in [4.78, 5) is 0. The van der Waals surface area contributed by atoms with E-state index in [0.29, 0.717) is 11.6 Å². The van der Waals surface area contributed by atoms with Crippen LogP contribution in [0.3, 0.4) is 0 Å². The highest BCUT2D eigenvalue weighted by Gasteiger charge is 2.01. The van der Waals surface area contributed by atoms with Gasteiger partial charge in [0.2, 0.25) is 0 Å². The van der Waals surface area contributed by atoms with Gasteiger partial charge in [-0.3, -0.25) is 4.68 Å². The quantitative estimate of drug-likeness (QED) is 0.792. The van der Waals surface area contributed by atoms with E-state index in [1.54, 1.807) is 18.0 Å². The number of aromatic nitrogens is 2. The molecule has 3 nitrogen and oxygen atoms in total. The average Bonchev–Trinajstić information content (AvgIpc) is 2.28. The molecule has 1 rings (SSSR count). The summed E-state index contributed by atoms with van der Waals surface area (Å²) < 4.78 is 7.49. The van der Waals surface area contributed by atoms with Gasteiger partial charge in [0.05, 0.1) is 18.2 Å². The van der Waals surface area contributed by atoms with Crippen molar-refractivity contribution >= 4 is 34.2 Å². The highest BCUT2D eigenvalue weighted by molar-refractivity contribution is 14.1. The van der Waals surface area contributed by atoms with E-state index in [2.05, 4.69) is 27.7 Å². The molecule has 11 heavy (non-hydrogen) atoms. The molecule has 0 aliphatic rings. The van der Waals surface area contributed by atoms with Gasteiger partial charge in [-0.05, 0) is 22.6 Å². The van der Waals surface area contributed by atoms with Crippen LogP contribution in [0.1, 0.15) is 0 Å². The molecule has 0 spiro atoms. The number of hydrogen-bond donors (Lipinski definition) is 0. The van der Waals surface area contributed by atoms with Crippen molar-refractivity contribution in [3.8, 4) is 0 Å². The molecule has 1 heterocycles. The number of nitrogens with zero attached hydrogens (tertiary/aromatic N) is 2. The van der Waals surface area contributed by atoms with Gasteiger partial charge in [0.1, 0.15) is 3.70 Å². The Kier molecular flexibility index (Phi) is 3.61. The molecule has 0 radical (unpaired) electrons. The largest absolute Gasteiger partial charge is 0.383 e. The maximum Gasteiger partial charge on any atom is 0.141 e. The van der Waals surface area contributed by atoms with E-state index in [0.717, 1.165) is 10.2 Å². The number of halogens is 2. The summed E-state index contributed by atoms with van der Waals surface area (Å²) in [5.41, 5.74) is 0. The summed E-state index contributed by atoms with van der Waals surface area (Å²) in [6.45, 7) is 1.41. The Morgan fingerprint density at radius 2 is 2.55 bits per heavy atom. The van der Waals surface area contributed by atoms with Gasteiger partial charge in [-0.1, -0.05) is 11.6 Å². The van der Waals surface area contributed by atoms with Crippen LogP contribution in [0.5, 0.6) is 0 Å². The SMILES string of the molecule is COCCn1cc(Cl)c(I)n1. The van der Waals surface area contributed by atoms with E-state index in [9.17, 15) is 0 Å². The number of hydrogen-bond acceptors (Lipinski definition) is 2. The Morgan fingerprint density at radius 3 is 3.00 bits per heavy atom. The summed E-state index contributed by atoms with van der Waals surface area (Å²) in [7, 11) is 1.66. The van der Waals surface area contributed by atoms with Crippen LogP contribution in [0.15, 0.2) is 6.20 Å². The van der Waals surface area contributed by atoms with Crippen molar-refractivity contribution in [3.05, 3.63) is 14.9 Å². The predicted molar refractivity (Wildman–Crippen MR) is 51.8 cm³/mol. The standard InChI is InChI=1S/C6H8ClIN2O/c1-11-3-2-10-4-5(7)6(8)9-10/h4H,2-3H2,1H3. The van der Waals surface area contributed by atoms with Gasteiger partial charge < -0.3 is 4.74 Å². The Morgan fingerprint density at radius 1 is 1.82 bits per heavy atom. The molecular weight excluding hydrogens is 278 g/mol. The summed E-state index contributed by atoms with van der Waals surface area (Å²) in [6.07, 6.45) is 1.79. The average molecular weight is 286 g/mol. The monoisotopic (exact) mass is 286 g/mol. The molecule has 0 N–H and O–H groups in total. The van der Waals surface area contributed by atoms with Gasteiger partial charge in [0, 0.05) is 13.3 Å². The minimum atomic E-state index is 0.661. The van der Waals surface area contributed by atoms with E-state index in [-0.39, 0.29) is 0 Å². The Balaban J connectivity index is 2.58. The van der Waals surface area contributed by atoms with Crippen molar-refractivity contribution in [1.29, 1.82) is 0 Å². The molecule has 62 valence electrons. The molecule has 0 aliphatic heterocycles. The number of ether oxygens (including phenoxy) is 1. The van der Waals surface area contributed by atoms with Crippen LogP contribution in [0.4, 0.5) is 0 Å². The van der Waals surface area contributed by atoms with Crippen LogP contribution < -0.4 is 0 Å². The van der Waals surface area contributed by atoms with Crippen molar-refractivity contribution < 1.29 is 4.74 Å². The molecule has 0 saturated carbocycles. The van der Waals surface area contributed by atoms with Crippen molar-refractivity contribution in [2.45, 2.75) is 6.54 Å². The van der Waals surface area contributed by atoms with Gasteiger partial charge in [-0.15, -0.1) is 0 Å². The molecule has 0 fully saturated rings. The van der Waals surface area contributed by atoms with Crippen LogP contribution in [0, 0.1) is 3.70 Å². The van der Waals surface area contributed by atoms with Gasteiger partial charge in [0.15, 0.2) is 0 Å².